The molecule has 0 aliphatic carbocycles. The first-order valence-electron chi connectivity index (χ1n) is 7.27. The van der Waals surface area contributed by atoms with Crippen molar-refractivity contribution in [2.45, 2.75) is 31.8 Å². The highest BCUT2D eigenvalue weighted by molar-refractivity contribution is 5.51. The van der Waals surface area contributed by atoms with Crippen molar-refractivity contribution in [3.05, 3.63) is 43.0 Å². The fourth-order valence-electron chi connectivity index (χ4n) is 2.82. The van der Waals surface area contributed by atoms with Crippen LogP contribution in [0.4, 0.5) is 5.69 Å². The van der Waals surface area contributed by atoms with Gasteiger partial charge >= 0.3 is 0 Å². The molecule has 1 N–H and O–H groups in total. The van der Waals surface area contributed by atoms with Gasteiger partial charge in [-0.05, 0) is 45.0 Å². The van der Waals surface area contributed by atoms with E-state index >= 15 is 0 Å². The van der Waals surface area contributed by atoms with E-state index in [9.17, 15) is 0 Å². The molecule has 1 fully saturated rings. The molecule has 0 saturated carbocycles. The van der Waals surface area contributed by atoms with Crippen molar-refractivity contribution < 1.29 is 0 Å². The molecule has 2 aromatic rings. The van der Waals surface area contributed by atoms with Crippen molar-refractivity contribution in [2.24, 2.45) is 0 Å². The Morgan fingerprint density at radius 3 is 3.00 bits per heavy atom. The lowest BCUT2D eigenvalue weighted by Crippen LogP contribution is -2.42. The van der Waals surface area contributed by atoms with Gasteiger partial charge in [0.1, 0.15) is 0 Å². The van der Waals surface area contributed by atoms with Gasteiger partial charge in [0.25, 0.3) is 0 Å². The molecule has 0 radical (unpaired) electrons. The summed E-state index contributed by atoms with van der Waals surface area (Å²) in [5.74, 6) is 0. The van der Waals surface area contributed by atoms with E-state index in [0.29, 0.717) is 12.1 Å². The van der Waals surface area contributed by atoms with Gasteiger partial charge in [0.15, 0.2) is 0 Å². The Labute approximate surface area is 120 Å². The first-order valence-corrected chi connectivity index (χ1v) is 7.27. The van der Waals surface area contributed by atoms with Crippen LogP contribution in [0.1, 0.15) is 19.8 Å². The fourth-order valence-corrected chi connectivity index (χ4v) is 2.82. The Hall–Kier alpha value is -1.81. The maximum atomic E-state index is 4.10. The van der Waals surface area contributed by atoms with Crippen LogP contribution in [0.25, 0.3) is 5.69 Å². The quantitative estimate of drug-likeness (QED) is 0.931. The number of likely N-dealkylation sites (tertiary alicyclic amines) is 1. The van der Waals surface area contributed by atoms with E-state index in [1.165, 1.54) is 25.1 Å². The number of anilines is 1. The largest absolute Gasteiger partial charge is 0.382 e. The first kappa shape index (κ1) is 13.2. The zero-order valence-electron chi connectivity index (χ0n) is 12.2. The van der Waals surface area contributed by atoms with Gasteiger partial charge in [0.2, 0.25) is 0 Å². The zero-order valence-corrected chi connectivity index (χ0v) is 12.2. The highest BCUT2D eigenvalue weighted by Gasteiger charge is 2.22. The van der Waals surface area contributed by atoms with Crippen LogP contribution in [0, 0.1) is 0 Å². The van der Waals surface area contributed by atoms with Gasteiger partial charge in [-0.3, -0.25) is 0 Å². The average Bonchev–Trinajstić information content (AvgIpc) is 2.97. The van der Waals surface area contributed by atoms with E-state index in [-0.39, 0.29) is 0 Å². The molecule has 0 spiro atoms. The van der Waals surface area contributed by atoms with Crippen molar-refractivity contribution in [1.29, 1.82) is 0 Å². The Morgan fingerprint density at radius 2 is 2.25 bits per heavy atom. The second kappa shape index (κ2) is 5.67. The van der Waals surface area contributed by atoms with Crippen LogP contribution in [0.5, 0.6) is 0 Å². The van der Waals surface area contributed by atoms with Gasteiger partial charge in [-0.15, -0.1) is 0 Å². The lowest BCUT2D eigenvalue weighted by Gasteiger charge is -2.35. The molecule has 0 bridgehead atoms. The Balaban J connectivity index is 1.70. The summed E-state index contributed by atoms with van der Waals surface area (Å²) in [6.45, 7) is 3.47. The first-order chi connectivity index (χ1) is 9.72. The molecular formula is C16H22N4. The number of hydrogen-bond donors (Lipinski definition) is 1. The van der Waals surface area contributed by atoms with Gasteiger partial charge in [0, 0.05) is 42.4 Å². The molecule has 1 aromatic heterocycles. The number of aromatic nitrogens is 2. The molecule has 0 amide bonds. The third kappa shape index (κ3) is 2.85. The lowest BCUT2D eigenvalue weighted by molar-refractivity contribution is 0.190. The van der Waals surface area contributed by atoms with Gasteiger partial charge in [0.05, 0.1) is 6.33 Å². The number of nitrogens with one attached hydrogen (secondary N) is 1. The minimum absolute atomic E-state index is 0.569. The highest BCUT2D eigenvalue weighted by Crippen LogP contribution is 2.21. The van der Waals surface area contributed by atoms with E-state index in [0.717, 1.165) is 5.69 Å². The number of benzene rings is 1. The monoisotopic (exact) mass is 270 g/mol. The van der Waals surface area contributed by atoms with Gasteiger partial charge in [-0.2, -0.15) is 0 Å². The summed E-state index contributed by atoms with van der Waals surface area (Å²) in [7, 11) is 2.21. The molecule has 1 aliphatic heterocycles. The van der Waals surface area contributed by atoms with Gasteiger partial charge < -0.3 is 14.8 Å². The van der Waals surface area contributed by atoms with Crippen LogP contribution < -0.4 is 5.32 Å². The predicted octanol–water partition coefficient (Wildman–Crippen LogP) is 2.77. The van der Waals surface area contributed by atoms with Crippen molar-refractivity contribution >= 4 is 5.69 Å². The van der Waals surface area contributed by atoms with Gasteiger partial charge in [-0.1, -0.05) is 6.07 Å². The molecule has 20 heavy (non-hydrogen) atoms. The number of hydrogen-bond acceptors (Lipinski definition) is 3. The van der Waals surface area contributed by atoms with Crippen LogP contribution in [0.15, 0.2) is 43.0 Å². The fraction of sp³-hybridized carbons (Fsp3) is 0.438. The molecule has 1 aliphatic rings. The standard InChI is InChI=1S/C16H22N4/c1-13-10-15(6-8-19(13)2)18-14-4-3-5-16(11-14)20-9-7-17-12-20/h3-5,7,9,11-13,15,18H,6,8,10H2,1-2H3. The van der Waals surface area contributed by atoms with E-state index in [1.54, 1.807) is 6.20 Å². The summed E-state index contributed by atoms with van der Waals surface area (Å²) in [4.78, 5) is 6.53. The number of imidazole rings is 1. The third-order valence-corrected chi connectivity index (χ3v) is 4.23. The second-order valence-electron chi connectivity index (χ2n) is 5.72. The number of rotatable bonds is 3. The molecular weight excluding hydrogens is 248 g/mol. The van der Waals surface area contributed by atoms with Crippen LogP contribution >= 0.6 is 0 Å². The summed E-state index contributed by atoms with van der Waals surface area (Å²) < 4.78 is 2.03. The molecule has 3 rings (SSSR count). The van der Waals surface area contributed by atoms with Crippen LogP contribution in [-0.2, 0) is 0 Å². The Bertz CT molecular complexity index is 549. The molecule has 4 nitrogen and oxygen atoms in total. The van der Waals surface area contributed by atoms with Crippen molar-refractivity contribution in [3.8, 4) is 5.69 Å². The van der Waals surface area contributed by atoms with Crippen LogP contribution in [0.3, 0.4) is 0 Å². The van der Waals surface area contributed by atoms with E-state index < -0.39 is 0 Å². The second-order valence-corrected chi connectivity index (χ2v) is 5.72. The smallest absolute Gasteiger partial charge is 0.0991 e. The van der Waals surface area contributed by atoms with Gasteiger partial charge in [-0.25, -0.2) is 4.98 Å². The maximum Gasteiger partial charge on any atom is 0.0991 e. The third-order valence-electron chi connectivity index (χ3n) is 4.23. The summed E-state index contributed by atoms with van der Waals surface area (Å²) in [5, 5.41) is 3.67. The topological polar surface area (TPSA) is 33.1 Å². The summed E-state index contributed by atoms with van der Waals surface area (Å²) in [5.41, 5.74) is 2.34. The minimum atomic E-state index is 0.569. The van der Waals surface area contributed by atoms with Crippen LogP contribution in [-0.4, -0.2) is 40.1 Å². The highest BCUT2D eigenvalue weighted by atomic mass is 15.1. The average molecular weight is 270 g/mol. The molecule has 106 valence electrons. The normalized spacial score (nSPS) is 23.7. The SMILES string of the molecule is CC1CC(Nc2cccc(-n3ccnc3)c2)CCN1C. The zero-order chi connectivity index (χ0) is 13.9. The minimum Gasteiger partial charge on any atom is -0.382 e. The van der Waals surface area contributed by atoms with Crippen molar-refractivity contribution in [3.63, 3.8) is 0 Å². The molecule has 2 atom stereocenters. The molecule has 4 heteroatoms. The molecule has 2 unspecified atom stereocenters. The Morgan fingerprint density at radius 1 is 1.35 bits per heavy atom. The lowest BCUT2D eigenvalue weighted by atomic mass is 9.98. The molecule has 1 aromatic carbocycles. The summed E-state index contributed by atoms with van der Waals surface area (Å²) in [6, 6.07) is 9.74. The van der Waals surface area contributed by atoms with Crippen molar-refractivity contribution in [2.75, 3.05) is 18.9 Å². The van der Waals surface area contributed by atoms with E-state index in [1.807, 2.05) is 17.1 Å². The summed E-state index contributed by atoms with van der Waals surface area (Å²) in [6.07, 6.45) is 8.01. The number of piperidine rings is 1. The van der Waals surface area contributed by atoms with E-state index in [4.69, 9.17) is 0 Å². The van der Waals surface area contributed by atoms with Crippen LogP contribution in [0.2, 0.25) is 0 Å². The number of nitrogens with zero attached hydrogens (tertiary/aromatic N) is 3. The molecule has 2 heterocycles. The Kier molecular flexibility index (Phi) is 3.74. The maximum absolute atomic E-state index is 4.10. The molecule has 1 saturated heterocycles. The van der Waals surface area contributed by atoms with E-state index in [2.05, 4.69) is 53.4 Å². The predicted molar refractivity (Wildman–Crippen MR) is 82.3 cm³/mol. The van der Waals surface area contributed by atoms with Crippen molar-refractivity contribution in [1.82, 2.24) is 14.5 Å². The summed E-state index contributed by atoms with van der Waals surface area (Å²) >= 11 is 0.